The van der Waals surface area contributed by atoms with E-state index in [1.165, 1.54) is 17.5 Å². The highest BCUT2D eigenvalue weighted by Crippen LogP contribution is 2.65. The van der Waals surface area contributed by atoms with Crippen LogP contribution >= 0.6 is 0 Å². The Balaban J connectivity index is 1.12. The molecular formula is C36H49BN2O5. The molecule has 4 fully saturated rings. The molecule has 1 saturated heterocycles. The molecule has 44 heavy (non-hydrogen) atoms. The third kappa shape index (κ3) is 5.57. The van der Waals surface area contributed by atoms with Gasteiger partial charge in [0.1, 0.15) is 12.6 Å². The lowest BCUT2D eigenvalue weighted by Crippen LogP contribution is -2.65. The molecule has 4 aliphatic carbocycles. The van der Waals surface area contributed by atoms with Gasteiger partial charge in [0.15, 0.2) is 0 Å². The van der Waals surface area contributed by atoms with E-state index in [4.69, 9.17) is 14.0 Å². The molecule has 0 spiro atoms. The van der Waals surface area contributed by atoms with Crippen LogP contribution in [-0.4, -0.2) is 49.4 Å². The van der Waals surface area contributed by atoms with Crippen LogP contribution in [0.15, 0.2) is 48.5 Å². The zero-order chi connectivity index (χ0) is 31.4. The summed E-state index contributed by atoms with van der Waals surface area (Å²) in [6, 6.07) is 15.8. The lowest BCUT2D eigenvalue weighted by Gasteiger charge is -2.64. The van der Waals surface area contributed by atoms with E-state index in [9.17, 15) is 9.59 Å². The van der Waals surface area contributed by atoms with Crippen molar-refractivity contribution in [3.8, 4) is 11.1 Å². The summed E-state index contributed by atoms with van der Waals surface area (Å²) >= 11 is 0. The molecule has 0 unspecified atom stereocenters. The van der Waals surface area contributed by atoms with E-state index in [1.54, 1.807) is 0 Å². The molecule has 1 aliphatic heterocycles. The Morgan fingerprint density at radius 3 is 2.11 bits per heavy atom. The third-order valence-electron chi connectivity index (χ3n) is 11.0. The van der Waals surface area contributed by atoms with Crippen LogP contribution in [0, 0.1) is 29.1 Å². The molecule has 0 radical (unpaired) electrons. The molecule has 236 valence electrons. The van der Waals surface area contributed by atoms with E-state index < -0.39 is 19.3 Å². The smallest absolute Gasteiger partial charge is 0.449 e. The summed E-state index contributed by atoms with van der Waals surface area (Å²) in [6.45, 7) is 15.5. The van der Waals surface area contributed by atoms with E-state index in [-0.39, 0.29) is 47.4 Å². The second-order valence-corrected chi connectivity index (χ2v) is 15.2. The standard InChI is InChI=1S/C36H49BN2O5/c1-21(2)16-29(38-34(41)42-20-28-26-14-10-8-12-24(26)25-13-9-11-15-27(25)28)33(40)39-32(17-22(3)4)37-43-31-19-23-18-30(35(23,5)6)36(31,7)44-37/h8-15,21-23,28-32H,16-20H2,1-7H3,(H,38,41)(H,39,40)/t23-,29-,30-,31+,32-,36-/m0/s1. The molecule has 3 saturated carbocycles. The maximum Gasteiger partial charge on any atom is 0.481 e. The monoisotopic (exact) mass is 600 g/mol. The van der Waals surface area contributed by atoms with E-state index in [0.29, 0.717) is 24.2 Å². The summed E-state index contributed by atoms with van der Waals surface area (Å²) in [7, 11) is -0.513. The van der Waals surface area contributed by atoms with Gasteiger partial charge in [-0.15, -0.1) is 0 Å². The molecule has 2 aromatic rings. The van der Waals surface area contributed by atoms with Crippen molar-refractivity contribution in [1.82, 2.24) is 10.6 Å². The summed E-state index contributed by atoms with van der Waals surface area (Å²) < 4.78 is 19.1. The summed E-state index contributed by atoms with van der Waals surface area (Å²) in [5.74, 6) is 1.04. The number of hydrogen-bond donors (Lipinski definition) is 2. The van der Waals surface area contributed by atoms with Gasteiger partial charge in [-0.2, -0.15) is 0 Å². The minimum Gasteiger partial charge on any atom is -0.449 e. The summed E-state index contributed by atoms with van der Waals surface area (Å²) in [6.07, 6.45) is 2.85. The Morgan fingerprint density at radius 1 is 0.909 bits per heavy atom. The van der Waals surface area contributed by atoms with Gasteiger partial charge in [-0.3, -0.25) is 4.79 Å². The Bertz CT molecular complexity index is 1350. The molecule has 7 rings (SSSR count). The summed E-state index contributed by atoms with van der Waals surface area (Å²) in [5.41, 5.74) is 4.56. The Morgan fingerprint density at radius 2 is 1.52 bits per heavy atom. The van der Waals surface area contributed by atoms with Crippen molar-refractivity contribution in [3.05, 3.63) is 59.7 Å². The SMILES string of the molecule is CC(C)C[C@H](NC(=O)[C@H](CC(C)C)NC(=O)OCC1c2ccccc2-c2ccccc21)B1O[C@@H]2C[C@@H]3C[C@@H](C3(C)C)[C@]2(C)O1. The van der Waals surface area contributed by atoms with E-state index in [1.807, 2.05) is 38.1 Å². The Labute approximate surface area is 263 Å². The fourth-order valence-corrected chi connectivity index (χ4v) is 8.59. The molecule has 0 aromatic heterocycles. The van der Waals surface area contributed by atoms with E-state index in [2.05, 4.69) is 69.5 Å². The first-order chi connectivity index (χ1) is 20.9. The van der Waals surface area contributed by atoms with Crippen molar-refractivity contribution >= 4 is 19.1 Å². The van der Waals surface area contributed by atoms with Crippen LogP contribution in [0.3, 0.4) is 0 Å². The molecule has 2 amide bonds. The number of hydrogen-bond acceptors (Lipinski definition) is 5. The lowest BCUT2D eigenvalue weighted by molar-refractivity contribution is -0.199. The van der Waals surface area contributed by atoms with Crippen LogP contribution in [0.1, 0.15) is 91.2 Å². The number of alkyl carbamates (subject to hydrolysis) is 1. The minimum absolute atomic E-state index is 0.0428. The normalized spacial score (nSPS) is 27.7. The van der Waals surface area contributed by atoms with Crippen molar-refractivity contribution in [3.63, 3.8) is 0 Å². The first-order valence-corrected chi connectivity index (χ1v) is 16.6. The number of amides is 2. The number of ether oxygens (including phenoxy) is 1. The molecule has 2 aromatic carbocycles. The predicted octanol–water partition coefficient (Wildman–Crippen LogP) is 6.74. The topological polar surface area (TPSA) is 85.9 Å². The van der Waals surface area contributed by atoms with Gasteiger partial charge in [0.25, 0.3) is 0 Å². The van der Waals surface area contributed by atoms with Gasteiger partial charge in [-0.1, -0.05) is 90.1 Å². The maximum atomic E-state index is 13.8. The highest BCUT2D eigenvalue weighted by molar-refractivity contribution is 6.48. The average Bonchev–Trinajstić information content (AvgIpc) is 3.49. The lowest BCUT2D eigenvalue weighted by atomic mass is 9.43. The van der Waals surface area contributed by atoms with Crippen LogP contribution in [0.25, 0.3) is 11.1 Å². The Kier molecular flexibility index (Phi) is 8.38. The van der Waals surface area contributed by atoms with Crippen LogP contribution in [0.2, 0.25) is 0 Å². The molecule has 1 heterocycles. The number of carbonyl (C=O) groups excluding carboxylic acids is 2. The van der Waals surface area contributed by atoms with Gasteiger partial charge in [0, 0.05) is 5.92 Å². The van der Waals surface area contributed by atoms with Crippen molar-refractivity contribution in [2.45, 2.75) is 104 Å². The van der Waals surface area contributed by atoms with Crippen LogP contribution in [0.5, 0.6) is 0 Å². The van der Waals surface area contributed by atoms with Crippen LogP contribution in [-0.2, 0) is 18.8 Å². The van der Waals surface area contributed by atoms with Gasteiger partial charge in [-0.05, 0) is 83.9 Å². The first kappa shape index (κ1) is 31.2. The van der Waals surface area contributed by atoms with Gasteiger partial charge in [-0.25, -0.2) is 4.79 Å². The number of benzene rings is 2. The fourth-order valence-electron chi connectivity index (χ4n) is 8.59. The fraction of sp³-hybridized carbons (Fsp3) is 0.611. The van der Waals surface area contributed by atoms with Gasteiger partial charge in [0.05, 0.1) is 17.6 Å². The summed E-state index contributed by atoms with van der Waals surface area (Å²) in [4.78, 5) is 27.0. The maximum absolute atomic E-state index is 13.8. The highest BCUT2D eigenvalue weighted by atomic mass is 16.7. The van der Waals surface area contributed by atoms with Crippen molar-refractivity contribution in [2.75, 3.05) is 6.61 Å². The predicted molar refractivity (Wildman–Crippen MR) is 173 cm³/mol. The number of rotatable bonds is 10. The zero-order valence-electron chi connectivity index (χ0n) is 27.4. The minimum atomic E-state index is -0.730. The number of fused-ring (bicyclic) bond motifs is 3. The second-order valence-electron chi connectivity index (χ2n) is 15.2. The van der Waals surface area contributed by atoms with Crippen molar-refractivity contribution in [1.29, 1.82) is 0 Å². The summed E-state index contributed by atoms with van der Waals surface area (Å²) in [5, 5.41) is 6.14. The number of carbonyl (C=O) groups is 2. The van der Waals surface area contributed by atoms with E-state index in [0.717, 1.165) is 24.0 Å². The molecule has 6 atom stereocenters. The van der Waals surface area contributed by atoms with Crippen LogP contribution in [0.4, 0.5) is 4.79 Å². The van der Waals surface area contributed by atoms with E-state index >= 15 is 0 Å². The molecule has 2 N–H and O–H groups in total. The zero-order valence-corrected chi connectivity index (χ0v) is 27.4. The average molecular weight is 601 g/mol. The number of nitrogens with one attached hydrogen (secondary N) is 2. The van der Waals surface area contributed by atoms with Gasteiger partial charge >= 0.3 is 13.2 Å². The highest BCUT2D eigenvalue weighted by Gasteiger charge is 2.68. The van der Waals surface area contributed by atoms with Crippen LogP contribution < -0.4 is 10.6 Å². The molecule has 2 bridgehead atoms. The quantitative estimate of drug-likeness (QED) is 0.295. The molecule has 5 aliphatic rings. The molecule has 7 nitrogen and oxygen atoms in total. The second kappa shape index (κ2) is 11.8. The first-order valence-electron chi connectivity index (χ1n) is 16.6. The van der Waals surface area contributed by atoms with Crippen molar-refractivity contribution in [2.24, 2.45) is 29.1 Å². The van der Waals surface area contributed by atoms with Gasteiger partial charge in [0.2, 0.25) is 5.91 Å². The third-order valence-corrected chi connectivity index (χ3v) is 11.0. The molecule has 8 heteroatoms. The Hall–Kier alpha value is -2.84. The van der Waals surface area contributed by atoms with Crippen molar-refractivity contribution < 1.29 is 23.6 Å². The molecular weight excluding hydrogens is 551 g/mol. The van der Waals surface area contributed by atoms with Gasteiger partial charge < -0.3 is 24.7 Å². The largest absolute Gasteiger partial charge is 0.481 e.